The molecule has 23 heavy (non-hydrogen) atoms. The van der Waals surface area contributed by atoms with E-state index in [1.165, 1.54) is 16.9 Å². The Morgan fingerprint density at radius 2 is 1.96 bits per heavy atom. The van der Waals surface area contributed by atoms with Gasteiger partial charge in [-0.05, 0) is 43.5 Å². The predicted octanol–water partition coefficient (Wildman–Crippen LogP) is 1.69. The molecule has 1 atom stereocenters. The van der Waals surface area contributed by atoms with Crippen LogP contribution < -0.4 is 0 Å². The van der Waals surface area contributed by atoms with Gasteiger partial charge in [0, 0.05) is 13.6 Å². The fourth-order valence-corrected chi connectivity index (χ4v) is 3.79. The minimum atomic E-state index is -3.29. The van der Waals surface area contributed by atoms with Crippen molar-refractivity contribution in [1.82, 2.24) is 13.9 Å². The van der Waals surface area contributed by atoms with Crippen LogP contribution in [0.2, 0.25) is 0 Å². The molecule has 1 aromatic heterocycles. The standard InChI is InChI=1S/C16H25N3O3S/c1-5-6-23(21,22)18(4)9-14(20)10-19-11-17-15-7-12(2)13(3)8-16(15)19/h7-8,11,14,20H,5-6,9-10H2,1-4H3. The Hall–Kier alpha value is -1.44. The minimum Gasteiger partial charge on any atom is -0.390 e. The summed E-state index contributed by atoms with van der Waals surface area (Å²) in [7, 11) is -1.78. The summed E-state index contributed by atoms with van der Waals surface area (Å²) in [5.74, 6) is 0.0999. The SMILES string of the molecule is CCCS(=O)(=O)N(C)CC(O)Cn1cnc2cc(C)c(C)cc21. The number of nitrogens with zero attached hydrogens (tertiary/aromatic N) is 3. The molecule has 0 fully saturated rings. The van der Waals surface area contributed by atoms with Crippen LogP contribution in [0.25, 0.3) is 11.0 Å². The van der Waals surface area contributed by atoms with E-state index in [1.807, 2.05) is 37.5 Å². The third kappa shape index (κ3) is 4.10. The number of hydrogen-bond donors (Lipinski definition) is 1. The van der Waals surface area contributed by atoms with Gasteiger partial charge in [-0.3, -0.25) is 0 Å². The molecule has 0 spiro atoms. The third-order valence-corrected chi connectivity index (χ3v) is 6.07. The average Bonchev–Trinajstić information content (AvgIpc) is 2.81. The number of fused-ring (bicyclic) bond motifs is 1. The summed E-state index contributed by atoms with van der Waals surface area (Å²) in [6.45, 7) is 6.28. The second-order valence-electron chi connectivity index (χ2n) is 6.07. The second-order valence-corrected chi connectivity index (χ2v) is 8.27. The molecule has 0 aliphatic carbocycles. The van der Waals surface area contributed by atoms with E-state index in [0.717, 1.165) is 16.6 Å². The van der Waals surface area contributed by atoms with Crippen LogP contribution in [0.3, 0.4) is 0 Å². The van der Waals surface area contributed by atoms with E-state index >= 15 is 0 Å². The zero-order chi connectivity index (χ0) is 17.2. The van der Waals surface area contributed by atoms with Crippen LogP contribution in [0, 0.1) is 13.8 Å². The van der Waals surface area contributed by atoms with Crippen LogP contribution in [-0.2, 0) is 16.6 Å². The maximum absolute atomic E-state index is 12.0. The summed E-state index contributed by atoms with van der Waals surface area (Å²) in [6.07, 6.45) is 1.46. The first-order valence-electron chi connectivity index (χ1n) is 7.78. The largest absolute Gasteiger partial charge is 0.390 e. The van der Waals surface area contributed by atoms with Crippen molar-refractivity contribution in [3.63, 3.8) is 0 Å². The van der Waals surface area contributed by atoms with E-state index in [-0.39, 0.29) is 12.3 Å². The first kappa shape index (κ1) is 17.9. The van der Waals surface area contributed by atoms with Crippen molar-refractivity contribution in [2.24, 2.45) is 0 Å². The molecule has 0 aliphatic rings. The molecule has 0 amide bonds. The highest BCUT2D eigenvalue weighted by atomic mass is 32.2. The number of aliphatic hydroxyl groups excluding tert-OH is 1. The number of aliphatic hydroxyl groups is 1. The monoisotopic (exact) mass is 339 g/mol. The zero-order valence-corrected chi connectivity index (χ0v) is 15.0. The number of aryl methyl sites for hydroxylation is 2. The van der Waals surface area contributed by atoms with E-state index in [1.54, 1.807) is 6.33 Å². The van der Waals surface area contributed by atoms with Crippen molar-refractivity contribution < 1.29 is 13.5 Å². The number of benzene rings is 1. The van der Waals surface area contributed by atoms with E-state index in [2.05, 4.69) is 4.98 Å². The molecule has 2 rings (SSSR count). The topological polar surface area (TPSA) is 75.4 Å². The molecular weight excluding hydrogens is 314 g/mol. The lowest BCUT2D eigenvalue weighted by Crippen LogP contribution is -2.37. The van der Waals surface area contributed by atoms with Crippen LogP contribution in [-0.4, -0.2) is 52.8 Å². The predicted molar refractivity (Wildman–Crippen MR) is 91.9 cm³/mol. The summed E-state index contributed by atoms with van der Waals surface area (Å²) in [4.78, 5) is 4.35. The van der Waals surface area contributed by atoms with Gasteiger partial charge in [0.25, 0.3) is 0 Å². The number of imidazole rings is 1. The third-order valence-electron chi connectivity index (χ3n) is 4.05. The first-order chi connectivity index (χ1) is 10.7. The highest BCUT2D eigenvalue weighted by Gasteiger charge is 2.20. The van der Waals surface area contributed by atoms with Gasteiger partial charge in [-0.25, -0.2) is 17.7 Å². The Morgan fingerprint density at radius 1 is 1.30 bits per heavy atom. The first-order valence-corrected chi connectivity index (χ1v) is 9.39. The van der Waals surface area contributed by atoms with Crippen LogP contribution in [0.5, 0.6) is 0 Å². The van der Waals surface area contributed by atoms with E-state index in [4.69, 9.17) is 0 Å². The molecule has 0 saturated heterocycles. The van der Waals surface area contributed by atoms with E-state index < -0.39 is 16.1 Å². The summed E-state index contributed by atoms with van der Waals surface area (Å²) in [6, 6.07) is 4.06. The van der Waals surface area contributed by atoms with Crippen LogP contribution in [0.4, 0.5) is 0 Å². The summed E-state index contributed by atoms with van der Waals surface area (Å²) in [5.41, 5.74) is 4.17. The van der Waals surface area contributed by atoms with Crippen molar-refractivity contribution in [3.8, 4) is 0 Å². The average molecular weight is 339 g/mol. The maximum atomic E-state index is 12.0. The Bertz CT molecular complexity index is 783. The Balaban J connectivity index is 2.12. The van der Waals surface area contributed by atoms with Crippen LogP contribution >= 0.6 is 0 Å². The van der Waals surface area contributed by atoms with E-state index in [0.29, 0.717) is 13.0 Å². The molecule has 0 radical (unpaired) electrons. The van der Waals surface area contributed by atoms with Gasteiger partial charge in [0.2, 0.25) is 10.0 Å². The smallest absolute Gasteiger partial charge is 0.213 e. The van der Waals surface area contributed by atoms with Crippen molar-refractivity contribution >= 4 is 21.1 Å². The molecule has 0 aliphatic heterocycles. The van der Waals surface area contributed by atoms with E-state index in [9.17, 15) is 13.5 Å². The molecular formula is C16H25N3O3S. The molecule has 1 aromatic carbocycles. The molecule has 6 nitrogen and oxygen atoms in total. The van der Waals surface area contributed by atoms with Crippen molar-refractivity contribution in [3.05, 3.63) is 29.6 Å². The summed E-state index contributed by atoms with van der Waals surface area (Å²) < 4.78 is 27.0. The molecule has 7 heteroatoms. The zero-order valence-electron chi connectivity index (χ0n) is 14.2. The Morgan fingerprint density at radius 3 is 2.61 bits per heavy atom. The van der Waals surface area contributed by atoms with Gasteiger partial charge in [0.1, 0.15) is 0 Å². The van der Waals surface area contributed by atoms with Gasteiger partial charge in [-0.1, -0.05) is 6.92 Å². The lowest BCUT2D eigenvalue weighted by molar-refractivity contribution is 0.135. The van der Waals surface area contributed by atoms with Gasteiger partial charge in [-0.2, -0.15) is 0 Å². The number of sulfonamides is 1. The number of rotatable bonds is 7. The summed E-state index contributed by atoms with van der Waals surface area (Å²) in [5, 5.41) is 10.3. The molecule has 1 N–H and O–H groups in total. The van der Waals surface area contributed by atoms with Gasteiger partial charge in [0.05, 0.1) is 35.8 Å². The normalized spacial score (nSPS) is 13.8. The fourth-order valence-electron chi connectivity index (χ4n) is 2.57. The Labute approximate surface area is 137 Å². The van der Waals surface area contributed by atoms with Gasteiger partial charge in [-0.15, -0.1) is 0 Å². The van der Waals surface area contributed by atoms with Crippen LogP contribution in [0.15, 0.2) is 18.5 Å². The van der Waals surface area contributed by atoms with Crippen molar-refractivity contribution in [1.29, 1.82) is 0 Å². The fraction of sp³-hybridized carbons (Fsp3) is 0.562. The van der Waals surface area contributed by atoms with Crippen molar-refractivity contribution in [2.75, 3.05) is 19.3 Å². The van der Waals surface area contributed by atoms with Gasteiger partial charge < -0.3 is 9.67 Å². The van der Waals surface area contributed by atoms with Gasteiger partial charge >= 0.3 is 0 Å². The number of hydrogen-bond acceptors (Lipinski definition) is 4. The second kappa shape index (κ2) is 6.98. The van der Waals surface area contributed by atoms with Gasteiger partial charge in [0.15, 0.2) is 0 Å². The maximum Gasteiger partial charge on any atom is 0.213 e. The molecule has 1 heterocycles. The number of aromatic nitrogens is 2. The number of likely N-dealkylation sites (N-methyl/N-ethyl adjacent to an activating group) is 1. The molecule has 0 saturated carbocycles. The summed E-state index contributed by atoms with van der Waals surface area (Å²) >= 11 is 0. The lowest BCUT2D eigenvalue weighted by atomic mass is 10.1. The highest BCUT2D eigenvalue weighted by Crippen LogP contribution is 2.18. The highest BCUT2D eigenvalue weighted by molar-refractivity contribution is 7.89. The molecule has 2 aromatic rings. The lowest BCUT2D eigenvalue weighted by Gasteiger charge is -2.20. The molecule has 128 valence electrons. The minimum absolute atomic E-state index is 0.0762. The molecule has 1 unspecified atom stereocenters. The van der Waals surface area contributed by atoms with Crippen LogP contribution in [0.1, 0.15) is 24.5 Å². The Kier molecular flexibility index (Phi) is 5.44. The quantitative estimate of drug-likeness (QED) is 0.833. The van der Waals surface area contributed by atoms with Crippen molar-refractivity contribution in [2.45, 2.75) is 39.8 Å². The molecule has 0 bridgehead atoms.